The van der Waals surface area contributed by atoms with Crippen LogP contribution in [-0.4, -0.2) is 60.3 Å². The summed E-state index contributed by atoms with van der Waals surface area (Å²) in [6, 6.07) is 8.89. The van der Waals surface area contributed by atoms with E-state index in [9.17, 15) is 18.4 Å². The van der Waals surface area contributed by atoms with Gasteiger partial charge in [0, 0.05) is 30.1 Å². The molecule has 1 fully saturated rings. The molecule has 8 heteroatoms. The maximum absolute atomic E-state index is 14.3. The number of likely N-dealkylation sites (N-methyl/N-ethyl adjacent to an activating group) is 1. The van der Waals surface area contributed by atoms with E-state index >= 15 is 0 Å². The van der Waals surface area contributed by atoms with Gasteiger partial charge in [0.2, 0.25) is 5.91 Å². The average Bonchev–Trinajstić information content (AvgIpc) is 3.38. The number of aryl methyl sites for hydroxylation is 1. The third-order valence-electron chi connectivity index (χ3n) is 5.84. The summed E-state index contributed by atoms with van der Waals surface area (Å²) in [5.74, 6) is -1.32. The smallest absolute Gasteiger partial charge is 0.272 e. The number of anilines is 1. The summed E-state index contributed by atoms with van der Waals surface area (Å²) in [4.78, 5) is 31.6. The van der Waals surface area contributed by atoms with Crippen LogP contribution in [0.25, 0.3) is 10.9 Å². The normalized spacial score (nSPS) is 16.2. The Labute approximate surface area is 185 Å². The molecular weight excluding hydrogens is 414 g/mol. The van der Waals surface area contributed by atoms with E-state index in [2.05, 4.69) is 10.3 Å². The molecule has 0 radical (unpaired) electrons. The van der Waals surface area contributed by atoms with Crippen molar-refractivity contribution in [2.45, 2.75) is 19.3 Å². The first-order chi connectivity index (χ1) is 15.2. The van der Waals surface area contributed by atoms with Crippen LogP contribution in [0, 0.1) is 18.6 Å². The molecular formula is C24H26F2N4O2. The van der Waals surface area contributed by atoms with Crippen molar-refractivity contribution < 1.29 is 18.4 Å². The molecule has 2 aromatic carbocycles. The Bertz CT molecular complexity index is 1150. The number of nitrogens with zero attached hydrogens (tertiary/aromatic N) is 2. The second-order valence-electron chi connectivity index (χ2n) is 8.63. The Kier molecular flexibility index (Phi) is 5.97. The molecule has 1 aliphatic rings. The zero-order chi connectivity index (χ0) is 23.0. The lowest BCUT2D eigenvalue weighted by Crippen LogP contribution is -2.36. The fourth-order valence-electron chi connectivity index (χ4n) is 4.20. The van der Waals surface area contributed by atoms with Gasteiger partial charge in [0.15, 0.2) is 0 Å². The quantitative estimate of drug-likeness (QED) is 0.633. The number of carbonyl (C=O) groups is 2. The number of nitrogens with one attached hydrogen (secondary N) is 2. The minimum Gasteiger partial charge on any atom is -0.350 e. The monoisotopic (exact) mass is 440 g/mol. The summed E-state index contributed by atoms with van der Waals surface area (Å²) in [6.07, 6.45) is 0.733. The maximum atomic E-state index is 14.3. The van der Waals surface area contributed by atoms with E-state index in [0.29, 0.717) is 36.2 Å². The zero-order valence-corrected chi connectivity index (χ0v) is 18.3. The Morgan fingerprint density at radius 3 is 2.69 bits per heavy atom. The first-order valence-corrected chi connectivity index (χ1v) is 10.5. The fourth-order valence-corrected chi connectivity index (χ4v) is 4.20. The van der Waals surface area contributed by atoms with Crippen molar-refractivity contribution in [3.05, 3.63) is 64.9 Å². The van der Waals surface area contributed by atoms with Gasteiger partial charge in [0.25, 0.3) is 5.91 Å². The van der Waals surface area contributed by atoms with Crippen molar-refractivity contribution in [3.63, 3.8) is 0 Å². The highest BCUT2D eigenvalue weighted by Gasteiger charge is 2.28. The van der Waals surface area contributed by atoms with E-state index < -0.39 is 17.5 Å². The molecule has 2 amide bonds. The molecule has 0 saturated carbocycles. The number of carbonyl (C=O) groups excluding carboxylic acids is 2. The lowest BCUT2D eigenvalue weighted by Gasteiger charge is -2.19. The average molecular weight is 440 g/mol. The minimum atomic E-state index is -0.481. The number of likely N-dealkylation sites (tertiary alicyclic amines) is 1. The number of hydrogen-bond acceptors (Lipinski definition) is 3. The van der Waals surface area contributed by atoms with Gasteiger partial charge >= 0.3 is 0 Å². The highest BCUT2D eigenvalue weighted by atomic mass is 19.1. The van der Waals surface area contributed by atoms with Crippen LogP contribution >= 0.6 is 0 Å². The van der Waals surface area contributed by atoms with E-state index in [1.54, 1.807) is 17.0 Å². The van der Waals surface area contributed by atoms with Crippen LogP contribution in [0.15, 0.2) is 36.4 Å². The number of amides is 2. The van der Waals surface area contributed by atoms with Crippen LogP contribution in [0.2, 0.25) is 0 Å². The Morgan fingerprint density at radius 1 is 1.19 bits per heavy atom. The van der Waals surface area contributed by atoms with Gasteiger partial charge < -0.3 is 20.1 Å². The first kappa shape index (κ1) is 22.0. The molecule has 2 heterocycles. The Hall–Kier alpha value is -3.26. The summed E-state index contributed by atoms with van der Waals surface area (Å²) < 4.78 is 28.4. The van der Waals surface area contributed by atoms with Gasteiger partial charge in [0.05, 0.1) is 12.1 Å². The lowest BCUT2D eigenvalue weighted by molar-refractivity contribution is -0.130. The van der Waals surface area contributed by atoms with Crippen LogP contribution in [0.3, 0.4) is 0 Å². The standard InChI is InChI=1S/C24H26F2N4O2/c1-14-4-5-20(26)19-11-21(28-23(14)19)24(32)27-18-9-16(8-17(25)10-18)15-6-7-30(12-15)22(31)13-29(2)3/h4-5,8-11,15,28H,6-7,12-13H2,1-3H3,(H,27,32). The second kappa shape index (κ2) is 8.70. The first-order valence-electron chi connectivity index (χ1n) is 10.5. The Balaban J connectivity index is 1.51. The van der Waals surface area contributed by atoms with Crippen LogP contribution in [-0.2, 0) is 4.79 Å². The van der Waals surface area contributed by atoms with Crippen molar-refractivity contribution in [2.24, 2.45) is 0 Å². The fraction of sp³-hybridized carbons (Fsp3) is 0.333. The van der Waals surface area contributed by atoms with E-state index in [1.807, 2.05) is 25.9 Å². The third-order valence-corrected chi connectivity index (χ3v) is 5.84. The van der Waals surface area contributed by atoms with Crippen LogP contribution in [0.1, 0.15) is 34.0 Å². The summed E-state index contributed by atoms with van der Waals surface area (Å²) in [7, 11) is 3.69. The molecule has 1 saturated heterocycles. The van der Waals surface area contributed by atoms with Crippen molar-refractivity contribution in [1.82, 2.24) is 14.8 Å². The molecule has 1 unspecified atom stereocenters. The van der Waals surface area contributed by atoms with Gasteiger partial charge in [-0.25, -0.2) is 8.78 Å². The number of fused-ring (bicyclic) bond motifs is 1. The van der Waals surface area contributed by atoms with Crippen molar-refractivity contribution in [2.75, 3.05) is 39.0 Å². The van der Waals surface area contributed by atoms with Gasteiger partial charge in [-0.3, -0.25) is 9.59 Å². The molecule has 6 nitrogen and oxygen atoms in total. The highest BCUT2D eigenvalue weighted by Crippen LogP contribution is 2.30. The molecule has 168 valence electrons. The lowest BCUT2D eigenvalue weighted by atomic mass is 9.97. The summed E-state index contributed by atoms with van der Waals surface area (Å²) >= 11 is 0. The van der Waals surface area contributed by atoms with Crippen molar-refractivity contribution in [1.29, 1.82) is 0 Å². The molecule has 1 aromatic heterocycles. The third kappa shape index (κ3) is 4.50. The minimum absolute atomic E-state index is 0.00251. The molecule has 4 rings (SSSR count). The number of H-pyrrole nitrogens is 1. The largest absolute Gasteiger partial charge is 0.350 e. The second-order valence-corrected chi connectivity index (χ2v) is 8.63. The van der Waals surface area contributed by atoms with E-state index in [4.69, 9.17) is 0 Å². The molecule has 0 spiro atoms. The zero-order valence-electron chi connectivity index (χ0n) is 18.3. The van der Waals surface area contributed by atoms with E-state index in [0.717, 1.165) is 17.5 Å². The number of halogens is 2. The van der Waals surface area contributed by atoms with Crippen LogP contribution in [0.4, 0.5) is 14.5 Å². The van der Waals surface area contributed by atoms with Crippen molar-refractivity contribution in [3.8, 4) is 0 Å². The molecule has 0 aliphatic carbocycles. The topological polar surface area (TPSA) is 68.4 Å². The molecule has 0 bridgehead atoms. The molecule has 1 atom stereocenters. The maximum Gasteiger partial charge on any atom is 0.272 e. The van der Waals surface area contributed by atoms with Crippen LogP contribution in [0.5, 0.6) is 0 Å². The SMILES string of the molecule is Cc1ccc(F)c2cc(C(=O)Nc3cc(F)cc(C4CCN(C(=O)CN(C)C)C4)c3)[nH]c12. The molecule has 2 N–H and O–H groups in total. The highest BCUT2D eigenvalue weighted by molar-refractivity contribution is 6.06. The molecule has 3 aromatic rings. The van der Waals surface area contributed by atoms with Gasteiger partial charge in [-0.15, -0.1) is 0 Å². The van der Waals surface area contributed by atoms with Crippen LogP contribution < -0.4 is 5.32 Å². The number of aromatic amines is 1. The van der Waals surface area contributed by atoms with Gasteiger partial charge in [-0.1, -0.05) is 6.07 Å². The number of aromatic nitrogens is 1. The predicted octanol–water partition coefficient (Wildman–Crippen LogP) is 3.88. The number of rotatable bonds is 5. The van der Waals surface area contributed by atoms with Gasteiger partial charge in [0.1, 0.15) is 17.3 Å². The molecule has 32 heavy (non-hydrogen) atoms. The molecule has 1 aliphatic heterocycles. The van der Waals surface area contributed by atoms with Gasteiger partial charge in [-0.05, 0) is 68.9 Å². The van der Waals surface area contributed by atoms with Crippen molar-refractivity contribution >= 4 is 28.4 Å². The number of hydrogen-bond donors (Lipinski definition) is 2. The number of benzene rings is 2. The summed E-state index contributed by atoms with van der Waals surface area (Å²) in [5.41, 5.74) is 2.63. The predicted molar refractivity (Wildman–Crippen MR) is 120 cm³/mol. The van der Waals surface area contributed by atoms with E-state index in [-0.39, 0.29) is 17.5 Å². The Morgan fingerprint density at radius 2 is 1.97 bits per heavy atom. The summed E-state index contributed by atoms with van der Waals surface area (Å²) in [6.45, 7) is 3.30. The van der Waals surface area contributed by atoms with E-state index in [1.165, 1.54) is 24.3 Å². The van der Waals surface area contributed by atoms with Gasteiger partial charge in [-0.2, -0.15) is 0 Å². The summed E-state index contributed by atoms with van der Waals surface area (Å²) in [5, 5.41) is 3.04.